The Kier molecular flexibility index (Phi) is 6.78. The summed E-state index contributed by atoms with van der Waals surface area (Å²) in [5, 5.41) is 12.9. The molecule has 0 spiro atoms. The van der Waals surface area contributed by atoms with Gasteiger partial charge in [-0.25, -0.2) is 4.39 Å². The number of hydrogen-bond donors (Lipinski definition) is 1. The molecule has 1 amide bonds. The molecule has 0 saturated heterocycles. The van der Waals surface area contributed by atoms with Crippen LogP contribution < -0.4 is 5.32 Å². The van der Waals surface area contributed by atoms with Gasteiger partial charge in [0, 0.05) is 25.0 Å². The second-order valence-corrected chi connectivity index (χ2v) is 5.43. The van der Waals surface area contributed by atoms with Gasteiger partial charge in [0.15, 0.2) is 0 Å². The molecule has 0 fully saturated rings. The van der Waals surface area contributed by atoms with Crippen molar-refractivity contribution in [3.8, 4) is 0 Å². The number of carbonyl (C=O) groups excluding carboxylic acids is 2. The number of non-ortho nitro benzene ring substituents is 1. The lowest BCUT2D eigenvalue weighted by molar-refractivity contribution is -0.384. The van der Waals surface area contributed by atoms with Gasteiger partial charge in [0.2, 0.25) is 5.91 Å². The zero-order valence-corrected chi connectivity index (χ0v) is 13.8. The van der Waals surface area contributed by atoms with Gasteiger partial charge in [0.1, 0.15) is 5.82 Å². The number of nitro groups is 1. The smallest absolute Gasteiger partial charge is 0.306 e. The van der Waals surface area contributed by atoms with E-state index in [-0.39, 0.29) is 30.8 Å². The number of nitrogens with zero attached hydrogens (tertiary/aromatic N) is 1. The van der Waals surface area contributed by atoms with Gasteiger partial charge in [-0.15, -0.1) is 0 Å². The lowest BCUT2D eigenvalue weighted by atomic mass is 10.2. The number of rotatable bonds is 8. The van der Waals surface area contributed by atoms with Crippen molar-refractivity contribution < 1.29 is 23.6 Å². The van der Waals surface area contributed by atoms with E-state index < -0.39 is 22.6 Å². The maximum atomic E-state index is 13.6. The zero-order chi connectivity index (χ0) is 18.9. The Morgan fingerprint density at radius 3 is 2.54 bits per heavy atom. The highest BCUT2D eigenvalue weighted by molar-refractivity contribution is 5.93. The minimum Gasteiger partial charge on any atom is -0.465 e. The van der Waals surface area contributed by atoms with Crippen LogP contribution in [-0.4, -0.2) is 23.4 Å². The van der Waals surface area contributed by atoms with Crippen molar-refractivity contribution in [2.45, 2.75) is 19.3 Å². The Balaban J connectivity index is 1.75. The predicted octanol–water partition coefficient (Wildman–Crippen LogP) is 3.24. The average Bonchev–Trinajstić information content (AvgIpc) is 2.62. The molecule has 0 heterocycles. The van der Waals surface area contributed by atoms with Crippen LogP contribution in [0.4, 0.5) is 15.8 Å². The van der Waals surface area contributed by atoms with E-state index in [0.717, 1.165) is 23.8 Å². The largest absolute Gasteiger partial charge is 0.465 e. The summed E-state index contributed by atoms with van der Waals surface area (Å²) in [6.07, 6.45) is 0.182. The number of nitro benzene ring substituents is 1. The summed E-state index contributed by atoms with van der Waals surface area (Å²) >= 11 is 0. The fraction of sp³-hybridized carbons (Fsp3) is 0.222. The first kappa shape index (κ1) is 19.0. The Morgan fingerprint density at radius 2 is 1.85 bits per heavy atom. The number of anilines is 1. The van der Waals surface area contributed by atoms with Crippen LogP contribution in [0, 0.1) is 15.9 Å². The van der Waals surface area contributed by atoms with E-state index in [9.17, 15) is 24.1 Å². The number of esters is 1. The van der Waals surface area contributed by atoms with Gasteiger partial charge in [-0.2, -0.15) is 0 Å². The third-order valence-corrected chi connectivity index (χ3v) is 3.49. The number of carbonyl (C=O) groups is 2. The van der Waals surface area contributed by atoms with Crippen LogP contribution in [0.1, 0.15) is 18.4 Å². The number of nitrogens with one attached hydrogen (secondary N) is 1. The minimum atomic E-state index is -0.797. The van der Waals surface area contributed by atoms with Crippen molar-refractivity contribution in [1.82, 2.24) is 0 Å². The van der Waals surface area contributed by atoms with Crippen molar-refractivity contribution in [3.05, 3.63) is 70.0 Å². The first-order chi connectivity index (χ1) is 12.5. The summed E-state index contributed by atoms with van der Waals surface area (Å²) in [5.41, 5.74) is 0.378. The number of ether oxygens (including phenoxy) is 1. The van der Waals surface area contributed by atoms with Crippen LogP contribution >= 0.6 is 0 Å². The first-order valence-electron chi connectivity index (χ1n) is 7.89. The van der Waals surface area contributed by atoms with Crippen LogP contribution in [0.15, 0.2) is 48.5 Å². The first-order valence-corrected chi connectivity index (χ1v) is 7.89. The third-order valence-electron chi connectivity index (χ3n) is 3.49. The maximum Gasteiger partial charge on any atom is 0.306 e. The van der Waals surface area contributed by atoms with E-state index in [1.54, 1.807) is 0 Å². The van der Waals surface area contributed by atoms with Crippen molar-refractivity contribution >= 4 is 23.3 Å². The van der Waals surface area contributed by atoms with E-state index in [4.69, 9.17) is 4.74 Å². The number of halogens is 1. The van der Waals surface area contributed by atoms with Crippen LogP contribution in [0.25, 0.3) is 0 Å². The molecule has 2 aromatic rings. The summed E-state index contributed by atoms with van der Waals surface area (Å²) in [7, 11) is 0. The van der Waals surface area contributed by atoms with Crippen LogP contribution in [0.2, 0.25) is 0 Å². The van der Waals surface area contributed by atoms with E-state index >= 15 is 0 Å². The van der Waals surface area contributed by atoms with Crippen molar-refractivity contribution in [1.29, 1.82) is 0 Å². The molecule has 1 N–H and O–H groups in total. The Bertz CT molecular complexity index is 795. The van der Waals surface area contributed by atoms with Gasteiger partial charge < -0.3 is 10.1 Å². The fourth-order valence-corrected chi connectivity index (χ4v) is 2.15. The summed E-state index contributed by atoms with van der Waals surface area (Å²) in [4.78, 5) is 33.4. The highest BCUT2D eigenvalue weighted by Gasteiger charge is 2.14. The van der Waals surface area contributed by atoms with Crippen LogP contribution in [0.5, 0.6) is 0 Å². The molecule has 0 aliphatic heterocycles. The molecule has 0 saturated carbocycles. The number of amides is 1. The van der Waals surface area contributed by atoms with Gasteiger partial charge in [-0.3, -0.25) is 19.7 Å². The fourth-order valence-electron chi connectivity index (χ4n) is 2.15. The lowest BCUT2D eigenvalue weighted by Gasteiger charge is -2.07. The second-order valence-electron chi connectivity index (χ2n) is 5.43. The summed E-state index contributed by atoms with van der Waals surface area (Å²) in [5.74, 6) is -1.98. The molecule has 0 atom stereocenters. The molecule has 136 valence electrons. The quantitative estimate of drug-likeness (QED) is 0.443. The predicted molar refractivity (Wildman–Crippen MR) is 92.0 cm³/mol. The van der Waals surface area contributed by atoms with Gasteiger partial charge in [0.05, 0.1) is 23.6 Å². The van der Waals surface area contributed by atoms with Gasteiger partial charge in [0.25, 0.3) is 5.69 Å². The van der Waals surface area contributed by atoms with Gasteiger partial charge >= 0.3 is 5.97 Å². The lowest BCUT2D eigenvalue weighted by Crippen LogP contribution is -2.16. The molecule has 0 aliphatic rings. The van der Waals surface area contributed by atoms with E-state index in [2.05, 4.69) is 5.32 Å². The molecule has 0 aliphatic carbocycles. The summed E-state index contributed by atoms with van der Waals surface area (Å²) in [6, 6.07) is 12.3. The highest BCUT2D eigenvalue weighted by atomic mass is 19.1. The standard InChI is InChI=1S/C18H17FN2O5/c19-15-7-6-14(21(24)25)12-16(15)20-17(22)8-9-18(23)26-11-10-13-4-2-1-3-5-13/h1-7,12H,8-11H2,(H,20,22). The minimum absolute atomic E-state index is 0.169. The summed E-state index contributed by atoms with van der Waals surface area (Å²) in [6.45, 7) is 0.198. The molecule has 7 nitrogen and oxygen atoms in total. The molecule has 26 heavy (non-hydrogen) atoms. The zero-order valence-electron chi connectivity index (χ0n) is 13.8. The number of hydrogen-bond acceptors (Lipinski definition) is 5. The molecule has 0 unspecified atom stereocenters. The number of benzene rings is 2. The summed E-state index contributed by atoms with van der Waals surface area (Å²) < 4.78 is 18.6. The van der Waals surface area contributed by atoms with Crippen molar-refractivity contribution in [2.24, 2.45) is 0 Å². The van der Waals surface area contributed by atoms with E-state index in [0.29, 0.717) is 6.42 Å². The molecule has 0 bridgehead atoms. The topological polar surface area (TPSA) is 98.5 Å². The Labute approximate surface area is 148 Å². The van der Waals surface area contributed by atoms with Crippen molar-refractivity contribution in [2.75, 3.05) is 11.9 Å². The second kappa shape index (κ2) is 9.26. The molecular weight excluding hydrogens is 343 g/mol. The molecule has 0 aromatic heterocycles. The monoisotopic (exact) mass is 360 g/mol. The Hall–Kier alpha value is -3.29. The maximum absolute atomic E-state index is 13.6. The normalized spacial score (nSPS) is 10.2. The van der Waals surface area contributed by atoms with Crippen molar-refractivity contribution in [3.63, 3.8) is 0 Å². The van der Waals surface area contributed by atoms with Gasteiger partial charge in [-0.1, -0.05) is 30.3 Å². The molecule has 2 rings (SSSR count). The van der Waals surface area contributed by atoms with Crippen LogP contribution in [-0.2, 0) is 20.7 Å². The SMILES string of the molecule is O=C(CCC(=O)OCCc1ccccc1)Nc1cc([N+](=O)[O-])ccc1F. The highest BCUT2D eigenvalue weighted by Crippen LogP contribution is 2.21. The molecule has 2 aromatic carbocycles. The van der Waals surface area contributed by atoms with Crippen LogP contribution in [0.3, 0.4) is 0 Å². The van der Waals surface area contributed by atoms with E-state index in [1.807, 2.05) is 30.3 Å². The van der Waals surface area contributed by atoms with E-state index in [1.165, 1.54) is 0 Å². The molecule has 0 radical (unpaired) electrons. The van der Waals surface area contributed by atoms with Gasteiger partial charge in [-0.05, 0) is 11.6 Å². The Morgan fingerprint density at radius 1 is 1.12 bits per heavy atom. The molecule has 8 heteroatoms. The third kappa shape index (κ3) is 5.97. The average molecular weight is 360 g/mol. The molecular formula is C18H17FN2O5.